The molecule has 0 fully saturated rings. The largest absolute Gasteiger partial charge is 0.354 e. The molecule has 0 aliphatic carbocycles. The van der Waals surface area contributed by atoms with Crippen molar-refractivity contribution in [2.45, 2.75) is 40.2 Å². The van der Waals surface area contributed by atoms with Crippen LogP contribution in [0.25, 0.3) is 0 Å². The van der Waals surface area contributed by atoms with Crippen LogP contribution in [0.5, 0.6) is 0 Å². The molecule has 0 aliphatic heterocycles. The fraction of sp³-hybridized carbons (Fsp3) is 0.500. The molecule has 1 amide bonds. The fourth-order valence-corrected chi connectivity index (χ4v) is 2.53. The van der Waals surface area contributed by atoms with Gasteiger partial charge in [0.05, 0.1) is 10.8 Å². The van der Waals surface area contributed by atoms with E-state index in [2.05, 4.69) is 66.0 Å². The number of hydrogen-bond acceptors (Lipinski definition) is 4. The van der Waals surface area contributed by atoms with Crippen LogP contribution in [0.1, 0.15) is 34.1 Å². The molecule has 3 N–H and O–H groups in total. The van der Waals surface area contributed by atoms with Gasteiger partial charge in [-0.2, -0.15) is 4.99 Å². The maximum absolute atomic E-state index is 12.4. The normalized spacial score (nSPS) is 11.6. The van der Waals surface area contributed by atoms with E-state index in [1.54, 1.807) is 0 Å². The Bertz CT molecular complexity index is 640. The van der Waals surface area contributed by atoms with E-state index in [-0.39, 0.29) is 11.9 Å². The Morgan fingerprint density at radius 1 is 1.24 bits per heavy atom. The molecule has 0 unspecified atom stereocenters. The maximum Gasteiger partial charge on any atom is 0.242 e. The smallest absolute Gasteiger partial charge is 0.242 e. The number of anilines is 1. The number of thiocarbonyl (C=S) groups is 2. The van der Waals surface area contributed by atoms with Crippen LogP contribution in [0.15, 0.2) is 29.3 Å². The Hall–Kier alpha value is -1.82. The maximum atomic E-state index is 12.4. The molecule has 5 nitrogen and oxygen atoms in total. The van der Waals surface area contributed by atoms with Gasteiger partial charge in [0.1, 0.15) is 6.04 Å². The first-order valence-electron chi connectivity index (χ1n) is 8.35. The van der Waals surface area contributed by atoms with Crippen molar-refractivity contribution in [3.05, 3.63) is 24.3 Å². The van der Waals surface area contributed by atoms with Gasteiger partial charge in [-0.05, 0) is 60.9 Å². The highest BCUT2D eigenvalue weighted by molar-refractivity contribution is 7.80. The predicted octanol–water partition coefficient (Wildman–Crippen LogP) is 3.89. The third-order valence-electron chi connectivity index (χ3n) is 3.29. The highest BCUT2D eigenvalue weighted by Gasteiger charge is 2.20. The minimum Gasteiger partial charge on any atom is -0.354 e. The second-order valence-electron chi connectivity index (χ2n) is 6.67. The average Bonchev–Trinajstić information content (AvgIpc) is 2.52. The molecule has 1 aromatic carbocycles. The number of rotatable bonds is 8. The lowest BCUT2D eigenvalue weighted by Gasteiger charge is -2.22. The molecule has 0 bridgehead atoms. The summed E-state index contributed by atoms with van der Waals surface area (Å²) in [6.07, 6.45) is 0.695. The van der Waals surface area contributed by atoms with E-state index in [1.165, 1.54) is 0 Å². The molecular weight excluding hydrogens is 352 g/mol. The van der Waals surface area contributed by atoms with E-state index in [0.717, 1.165) is 5.69 Å². The SMILES string of the molecule is CC(C)CNC(=O)[C@H](CC(C)C)NC(=S)Nc1cccc(N=C=S)c1. The third-order valence-corrected chi connectivity index (χ3v) is 3.60. The number of amides is 1. The molecule has 1 atom stereocenters. The number of isothiocyanates is 1. The quantitative estimate of drug-likeness (QED) is 0.473. The van der Waals surface area contributed by atoms with Crippen molar-refractivity contribution in [2.75, 3.05) is 11.9 Å². The van der Waals surface area contributed by atoms with E-state index in [1.807, 2.05) is 24.3 Å². The lowest BCUT2D eigenvalue weighted by atomic mass is 10.0. The number of nitrogens with zero attached hydrogens (tertiary/aromatic N) is 1. The minimum atomic E-state index is -0.374. The van der Waals surface area contributed by atoms with Gasteiger partial charge in [-0.1, -0.05) is 33.8 Å². The zero-order valence-corrected chi connectivity index (χ0v) is 16.8. The first-order valence-corrected chi connectivity index (χ1v) is 9.16. The molecule has 7 heteroatoms. The van der Waals surface area contributed by atoms with E-state index >= 15 is 0 Å². The van der Waals surface area contributed by atoms with Gasteiger partial charge in [-0.15, -0.1) is 0 Å². The molecule has 136 valence electrons. The number of hydrogen-bond donors (Lipinski definition) is 3. The number of benzene rings is 1. The summed E-state index contributed by atoms with van der Waals surface area (Å²) in [5.74, 6) is 0.731. The van der Waals surface area contributed by atoms with Crippen LogP contribution in [-0.2, 0) is 4.79 Å². The molecule has 1 aromatic rings. The van der Waals surface area contributed by atoms with Crippen molar-refractivity contribution < 1.29 is 4.79 Å². The second-order valence-corrected chi connectivity index (χ2v) is 7.26. The molecule has 0 radical (unpaired) electrons. The highest BCUT2D eigenvalue weighted by atomic mass is 32.1. The van der Waals surface area contributed by atoms with Crippen molar-refractivity contribution in [3.63, 3.8) is 0 Å². The van der Waals surface area contributed by atoms with E-state index < -0.39 is 0 Å². The molecule has 0 aliphatic rings. The van der Waals surface area contributed by atoms with Crippen molar-refractivity contribution in [3.8, 4) is 0 Å². The second kappa shape index (κ2) is 10.9. The number of carbonyl (C=O) groups is 1. The van der Waals surface area contributed by atoms with Gasteiger partial charge >= 0.3 is 0 Å². The van der Waals surface area contributed by atoms with Gasteiger partial charge in [0.25, 0.3) is 0 Å². The fourth-order valence-electron chi connectivity index (χ4n) is 2.16. The van der Waals surface area contributed by atoms with Crippen molar-refractivity contribution in [2.24, 2.45) is 16.8 Å². The van der Waals surface area contributed by atoms with Crippen LogP contribution in [0, 0.1) is 11.8 Å². The Labute approximate surface area is 160 Å². The van der Waals surface area contributed by atoms with Crippen LogP contribution in [0.3, 0.4) is 0 Å². The summed E-state index contributed by atoms with van der Waals surface area (Å²) in [6, 6.07) is 6.97. The van der Waals surface area contributed by atoms with Gasteiger partial charge < -0.3 is 16.0 Å². The molecular formula is C18H26N4OS2. The van der Waals surface area contributed by atoms with Crippen LogP contribution in [0.2, 0.25) is 0 Å². The highest BCUT2D eigenvalue weighted by Crippen LogP contribution is 2.17. The zero-order valence-electron chi connectivity index (χ0n) is 15.1. The van der Waals surface area contributed by atoms with Crippen LogP contribution >= 0.6 is 24.4 Å². The molecule has 0 heterocycles. The van der Waals surface area contributed by atoms with Crippen molar-refractivity contribution >= 4 is 52.0 Å². The lowest BCUT2D eigenvalue weighted by molar-refractivity contribution is -0.123. The number of aliphatic imine (C=N–C) groups is 1. The van der Waals surface area contributed by atoms with Gasteiger partial charge in [0.15, 0.2) is 5.11 Å². The summed E-state index contributed by atoms with van der Waals surface area (Å²) < 4.78 is 0. The molecule has 0 spiro atoms. The Balaban J connectivity index is 2.72. The van der Waals surface area contributed by atoms with Gasteiger partial charge in [0, 0.05) is 12.2 Å². The molecule has 0 aromatic heterocycles. The molecule has 0 saturated heterocycles. The Morgan fingerprint density at radius 2 is 1.96 bits per heavy atom. The lowest BCUT2D eigenvalue weighted by Crippen LogP contribution is -2.49. The molecule has 25 heavy (non-hydrogen) atoms. The van der Waals surface area contributed by atoms with Gasteiger partial charge in [-0.3, -0.25) is 4.79 Å². The van der Waals surface area contributed by atoms with E-state index in [9.17, 15) is 4.79 Å². The summed E-state index contributed by atoms with van der Waals surface area (Å²) in [7, 11) is 0. The average molecular weight is 379 g/mol. The number of carbonyl (C=O) groups excluding carboxylic acids is 1. The summed E-state index contributed by atoms with van der Waals surface area (Å²) in [4.78, 5) is 16.4. The number of nitrogens with one attached hydrogen (secondary N) is 3. The van der Waals surface area contributed by atoms with Crippen LogP contribution in [0.4, 0.5) is 11.4 Å². The summed E-state index contributed by atoms with van der Waals surface area (Å²) in [5, 5.41) is 11.9. The monoisotopic (exact) mass is 378 g/mol. The summed E-state index contributed by atoms with van der Waals surface area (Å²) >= 11 is 9.97. The minimum absolute atomic E-state index is 0.0365. The molecule has 1 rings (SSSR count). The zero-order chi connectivity index (χ0) is 18.8. The Morgan fingerprint density at radius 3 is 2.56 bits per heavy atom. The Kier molecular flexibility index (Phi) is 9.27. The van der Waals surface area contributed by atoms with E-state index in [4.69, 9.17) is 12.2 Å². The standard InChI is InChI=1S/C18H26N4OS2/c1-12(2)8-16(17(23)19-10-13(3)4)22-18(25)21-15-7-5-6-14(9-15)20-11-24/h5-7,9,12-13,16H,8,10H2,1-4H3,(H,19,23)(H2,21,22,25)/t16-/m0/s1. The van der Waals surface area contributed by atoms with Crippen LogP contribution < -0.4 is 16.0 Å². The van der Waals surface area contributed by atoms with Crippen molar-refractivity contribution in [1.82, 2.24) is 10.6 Å². The van der Waals surface area contributed by atoms with Gasteiger partial charge in [-0.25, -0.2) is 0 Å². The van der Waals surface area contributed by atoms with E-state index in [0.29, 0.717) is 35.6 Å². The van der Waals surface area contributed by atoms with Crippen molar-refractivity contribution in [1.29, 1.82) is 0 Å². The first kappa shape index (κ1) is 21.2. The first-order chi connectivity index (χ1) is 11.8. The van der Waals surface area contributed by atoms with Crippen LogP contribution in [-0.4, -0.2) is 28.8 Å². The third kappa shape index (κ3) is 8.72. The van der Waals surface area contributed by atoms with Gasteiger partial charge in [0.2, 0.25) is 5.91 Å². The molecule has 0 saturated carbocycles. The summed E-state index contributed by atoms with van der Waals surface area (Å²) in [5.41, 5.74) is 1.46. The summed E-state index contributed by atoms with van der Waals surface area (Å²) in [6.45, 7) is 8.93. The topological polar surface area (TPSA) is 65.5 Å². The predicted molar refractivity (Wildman–Crippen MR) is 112 cm³/mol.